The van der Waals surface area contributed by atoms with Crippen molar-refractivity contribution in [3.8, 4) is 11.3 Å². The summed E-state index contributed by atoms with van der Waals surface area (Å²) in [7, 11) is 0. The molecule has 0 bridgehead atoms. The fraction of sp³-hybridized carbons (Fsp3) is 0.333. The van der Waals surface area contributed by atoms with Crippen molar-refractivity contribution >= 4 is 23.2 Å². The molecule has 19 heavy (non-hydrogen) atoms. The maximum atomic E-state index is 5.99. The molecule has 0 saturated heterocycles. The van der Waals surface area contributed by atoms with Crippen LogP contribution in [0.4, 0.5) is 0 Å². The van der Waals surface area contributed by atoms with Crippen LogP contribution in [0.2, 0.25) is 10.0 Å². The zero-order chi connectivity index (χ0) is 13.8. The topological polar surface area (TPSA) is 25.2 Å². The number of hydrogen-bond donors (Lipinski definition) is 1. The van der Waals surface area contributed by atoms with Crippen molar-refractivity contribution in [3.63, 3.8) is 0 Å². The molecule has 4 heteroatoms. The van der Waals surface area contributed by atoms with E-state index in [4.69, 9.17) is 27.6 Å². The summed E-state index contributed by atoms with van der Waals surface area (Å²) in [5.74, 6) is 1.69. The van der Waals surface area contributed by atoms with Gasteiger partial charge in [0.15, 0.2) is 0 Å². The van der Waals surface area contributed by atoms with Crippen molar-refractivity contribution in [2.75, 3.05) is 0 Å². The lowest BCUT2D eigenvalue weighted by molar-refractivity contribution is 0.457. The van der Waals surface area contributed by atoms with E-state index in [1.807, 2.05) is 24.3 Å². The highest BCUT2D eigenvalue weighted by atomic mass is 35.5. The Bertz CT molecular complexity index is 531. The van der Waals surface area contributed by atoms with Crippen LogP contribution in [0.25, 0.3) is 11.3 Å². The SMILES string of the molecule is CC[C@H](C)NCc1ccc(-c2cc(Cl)cc(Cl)c2)o1. The molecule has 0 aliphatic carbocycles. The van der Waals surface area contributed by atoms with E-state index in [1.54, 1.807) is 6.07 Å². The monoisotopic (exact) mass is 297 g/mol. The van der Waals surface area contributed by atoms with Crippen molar-refractivity contribution in [2.45, 2.75) is 32.9 Å². The van der Waals surface area contributed by atoms with Crippen LogP contribution in [0.15, 0.2) is 34.7 Å². The fourth-order valence-electron chi connectivity index (χ4n) is 1.74. The largest absolute Gasteiger partial charge is 0.460 e. The summed E-state index contributed by atoms with van der Waals surface area (Å²) >= 11 is 12.0. The number of benzene rings is 1. The van der Waals surface area contributed by atoms with Crippen LogP contribution in [0.5, 0.6) is 0 Å². The molecule has 1 aromatic heterocycles. The Hall–Kier alpha value is -0.960. The Kier molecular flexibility index (Phi) is 4.92. The Morgan fingerprint density at radius 3 is 2.47 bits per heavy atom. The smallest absolute Gasteiger partial charge is 0.134 e. The fourth-order valence-corrected chi connectivity index (χ4v) is 2.27. The van der Waals surface area contributed by atoms with Crippen molar-refractivity contribution < 1.29 is 4.42 Å². The molecule has 1 heterocycles. The van der Waals surface area contributed by atoms with Gasteiger partial charge in [0.05, 0.1) is 6.54 Å². The minimum Gasteiger partial charge on any atom is -0.460 e. The van der Waals surface area contributed by atoms with Crippen molar-refractivity contribution in [1.82, 2.24) is 5.32 Å². The van der Waals surface area contributed by atoms with E-state index in [9.17, 15) is 0 Å². The second-order valence-corrected chi connectivity index (χ2v) is 5.49. The third-order valence-corrected chi connectivity index (χ3v) is 3.48. The van der Waals surface area contributed by atoms with Gasteiger partial charge in [-0.25, -0.2) is 0 Å². The maximum absolute atomic E-state index is 5.99. The first-order chi connectivity index (χ1) is 9.08. The normalized spacial score (nSPS) is 12.6. The van der Waals surface area contributed by atoms with Crippen LogP contribution in [0, 0.1) is 0 Å². The molecule has 0 spiro atoms. The second kappa shape index (κ2) is 6.47. The molecule has 2 nitrogen and oxygen atoms in total. The predicted molar refractivity (Wildman–Crippen MR) is 80.8 cm³/mol. The van der Waals surface area contributed by atoms with Gasteiger partial charge in [0.25, 0.3) is 0 Å². The summed E-state index contributed by atoms with van der Waals surface area (Å²) in [4.78, 5) is 0. The lowest BCUT2D eigenvalue weighted by Gasteiger charge is -2.09. The summed E-state index contributed by atoms with van der Waals surface area (Å²) in [6, 6.07) is 9.79. The van der Waals surface area contributed by atoms with Gasteiger partial charge in [-0.1, -0.05) is 30.1 Å². The van der Waals surface area contributed by atoms with Gasteiger partial charge in [-0.3, -0.25) is 0 Å². The molecule has 0 radical (unpaired) electrons. The number of furan rings is 1. The van der Waals surface area contributed by atoms with Gasteiger partial charge in [-0.15, -0.1) is 0 Å². The third kappa shape index (κ3) is 4.00. The quantitative estimate of drug-likeness (QED) is 0.826. The van der Waals surface area contributed by atoms with Crippen LogP contribution in [-0.4, -0.2) is 6.04 Å². The van der Waals surface area contributed by atoms with Crippen LogP contribution in [0.1, 0.15) is 26.0 Å². The van der Waals surface area contributed by atoms with Crippen LogP contribution in [0.3, 0.4) is 0 Å². The van der Waals surface area contributed by atoms with Crippen LogP contribution in [-0.2, 0) is 6.54 Å². The van der Waals surface area contributed by atoms with Crippen LogP contribution >= 0.6 is 23.2 Å². The Balaban J connectivity index is 2.12. The highest BCUT2D eigenvalue weighted by Gasteiger charge is 2.07. The van der Waals surface area contributed by atoms with Crippen molar-refractivity contribution in [2.24, 2.45) is 0 Å². The van der Waals surface area contributed by atoms with E-state index >= 15 is 0 Å². The molecule has 0 saturated carbocycles. The maximum Gasteiger partial charge on any atom is 0.134 e. The first-order valence-electron chi connectivity index (χ1n) is 6.37. The molecule has 0 aliphatic heterocycles. The van der Waals surface area contributed by atoms with Gasteiger partial charge in [-0.05, 0) is 43.7 Å². The molecule has 0 unspecified atom stereocenters. The van der Waals surface area contributed by atoms with Crippen LogP contribution < -0.4 is 5.32 Å². The number of hydrogen-bond acceptors (Lipinski definition) is 2. The van der Waals surface area contributed by atoms with Gasteiger partial charge >= 0.3 is 0 Å². The van der Waals surface area contributed by atoms with Crippen molar-refractivity contribution in [1.29, 1.82) is 0 Å². The highest BCUT2D eigenvalue weighted by molar-refractivity contribution is 6.35. The number of halogens is 2. The third-order valence-electron chi connectivity index (χ3n) is 3.05. The Morgan fingerprint density at radius 2 is 1.84 bits per heavy atom. The van der Waals surface area contributed by atoms with E-state index in [1.165, 1.54) is 0 Å². The molecular formula is C15H17Cl2NO. The lowest BCUT2D eigenvalue weighted by Crippen LogP contribution is -2.24. The van der Waals surface area contributed by atoms with Gasteiger partial charge in [-0.2, -0.15) is 0 Å². The van der Waals surface area contributed by atoms with E-state index in [0.717, 1.165) is 30.0 Å². The molecule has 1 aromatic carbocycles. The molecule has 2 aromatic rings. The summed E-state index contributed by atoms with van der Waals surface area (Å²) in [5.41, 5.74) is 0.896. The molecule has 102 valence electrons. The van der Waals surface area contributed by atoms with Gasteiger partial charge < -0.3 is 9.73 Å². The van der Waals surface area contributed by atoms with E-state index < -0.39 is 0 Å². The first-order valence-corrected chi connectivity index (χ1v) is 7.12. The minimum atomic E-state index is 0.481. The number of nitrogens with one attached hydrogen (secondary N) is 1. The van der Waals surface area contributed by atoms with E-state index in [-0.39, 0.29) is 0 Å². The first kappa shape index (κ1) is 14.4. The standard InChI is InChI=1S/C15H17Cl2NO/c1-3-10(2)18-9-14-4-5-15(19-14)11-6-12(16)8-13(17)7-11/h4-8,10,18H,3,9H2,1-2H3/t10-/m0/s1. The summed E-state index contributed by atoms with van der Waals surface area (Å²) in [6.07, 6.45) is 1.09. The van der Waals surface area contributed by atoms with Crippen molar-refractivity contribution in [3.05, 3.63) is 46.1 Å². The molecular weight excluding hydrogens is 281 g/mol. The summed E-state index contributed by atoms with van der Waals surface area (Å²) in [6.45, 7) is 5.03. The zero-order valence-corrected chi connectivity index (χ0v) is 12.6. The Morgan fingerprint density at radius 1 is 1.16 bits per heavy atom. The summed E-state index contributed by atoms with van der Waals surface area (Å²) < 4.78 is 5.79. The lowest BCUT2D eigenvalue weighted by atomic mass is 10.2. The molecule has 0 amide bonds. The average molecular weight is 298 g/mol. The van der Waals surface area contributed by atoms with Gasteiger partial charge in [0.2, 0.25) is 0 Å². The molecule has 0 fully saturated rings. The summed E-state index contributed by atoms with van der Waals surface area (Å²) in [5, 5.41) is 4.61. The average Bonchev–Trinajstić information content (AvgIpc) is 2.83. The van der Waals surface area contributed by atoms with E-state index in [2.05, 4.69) is 19.2 Å². The van der Waals surface area contributed by atoms with E-state index in [0.29, 0.717) is 16.1 Å². The van der Waals surface area contributed by atoms with Gasteiger partial charge in [0, 0.05) is 21.7 Å². The van der Waals surface area contributed by atoms with Gasteiger partial charge in [0.1, 0.15) is 11.5 Å². The molecule has 1 N–H and O–H groups in total. The Labute approximate surface area is 123 Å². The number of rotatable bonds is 5. The molecule has 1 atom stereocenters. The minimum absolute atomic E-state index is 0.481. The predicted octanol–water partition coefficient (Wildman–Crippen LogP) is 5.14. The highest BCUT2D eigenvalue weighted by Crippen LogP contribution is 2.28. The molecule has 2 rings (SSSR count). The zero-order valence-electron chi connectivity index (χ0n) is 11.0. The second-order valence-electron chi connectivity index (χ2n) is 4.61. The molecule has 0 aliphatic rings.